The van der Waals surface area contributed by atoms with Crippen molar-refractivity contribution >= 4 is 20.0 Å². The van der Waals surface area contributed by atoms with Crippen LogP contribution in [0.1, 0.15) is 30.4 Å². The Labute approximate surface area is 178 Å². The molecular weight excluding hydrogens is 460 g/mol. The van der Waals surface area contributed by atoms with Crippen LogP contribution in [0.3, 0.4) is 0 Å². The summed E-state index contributed by atoms with van der Waals surface area (Å²) in [6.07, 6.45) is -2.29. The first-order valence-electron chi connectivity index (χ1n) is 9.37. The molecule has 0 aromatic heterocycles. The van der Waals surface area contributed by atoms with Crippen molar-refractivity contribution in [1.29, 1.82) is 0 Å². The van der Waals surface area contributed by atoms with Crippen molar-refractivity contribution in [3.63, 3.8) is 0 Å². The summed E-state index contributed by atoms with van der Waals surface area (Å²) >= 11 is 0. The normalized spacial score (nSPS) is 16.4. The molecule has 0 bridgehead atoms. The van der Waals surface area contributed by atoms with E-state index in [1.807, 2.05) is 4.72 Å². The molecule has 0 atom stereocenters. The molecule has 1 N–H and O–H groups in total. The predicted octanol–water partition coefficient (Wildman–Crippen LogP) is 3.50. The Bertz CT molecular complexity index is 1140. The molecule has 1 aliphatic rings. The maximum atomic E-state index is 13.9. The van der Waals surface area contributed by atoms with Crippen LogP contribution in [0.25, 0.3) is 0 Å². The fourth-order valence-electron chi connectivity index (χ4n) is 3.18. The standard InChI is InChI=1S/C19H20F4N2O4S2/c20-17-9-6-15(19(21,22)23)12-18(17)30(26,27)24-13-14-4-7-16(8-5-14)31(28,29)25-10-2-1-3-11-25/h4-9,12,24H,1-3,10-11,13H2. The van der Waals surface area contributed by atoms with E-state index in [-0.39, 0.29) is 17.5 Å². The van der Waals surface area contributed by atoms with Crippen LogP contribution in [0.15, 0.2) is 52.3 Å². The van der Waals surface area contributed by atoms with Gasteiger partial charge in [-0.1, -0.05) is 18.6 Å². The lowest BCUT2D eigenvalue weighted by Crippen LogP contribution is -2.35. The molecule has 0 aliphatic carbocycles. The molecule has 31 heavy (non-hydrogen) atoms. The summed E-state index contributed by atoms with van der Waals surface area (Å²) in [6, 6.07) is 6.57. The molecule has 1 fully saturated rings. The Hall–Kier alpha value is -2.02. The van der Waals surface area contributed by atoms with E-state index in [4.69, 9.17) is 0 Å². The monoisotopic (exact) mass is 480 g/mol. The van der Waals surface area contributed by atoms with Crippen LogP contribution in [-0.2, 0) is 32.8 Å². The molecule has 0 spiro atoms. The van der Waals surface area contributed by atoms with E-state index >= 15 is 0 Å². The Morgan fingerprint density at radius 2 is 1.52 bits per heavy atom. The van der Waals surface area contributed by atoms with Crippen molar-refractivity contribution in [2.75, 3.05) is 13.1 Å². The molecule has 2 aromatic carbocycles. The van der Waals surface area contributed by atoms with Crippen LogP contribution in [0.5, 0.6) is 0 Å². The summed E-state index contributed by atoms with van der Waals surface area (Å²) in [5.41, 5.74) is -0.935. The van der Waals surface area contributed by atoms with E-state index in [9.17, 15) is 34.4 Å². The van der Waals surface area contributed by atoms with Crippen LogP contribution >= 0.6 is 0 Å². The zero-order valence-electron chi connectivity index (χ0n) is 16.2. The summed E-state index contributed by atoms with van der Waals surface area (Å²) in [5, 5.41) is 0. The largest absolute Gasteiger partial charge is 0.416 e. The summed E-state index contributed by atoms with van der Waals surface area (Å²) in [5.74, 6) is -1.32. The maximum Gasteiger partial charge on any atom is 0.416 e. The minimum Gasteiger partial charge on any atom is -0.207 e. The van der Waals surface area contributed by atoms with Gasteiger partial charge >= 0.3 is 6.18 Å². The second-order valence-corrected chi connectivity index (χ2v) is 10.7. The molecule has 0 saturated carbocycles. The highest BCUT2D eigenvalue weighted by Crippen LogP contribution is 2.31. The Morgan fingerprint density at radius 1 is 0.903 bits per heavy atom. The lowest BCUT2D eigenvalue weighted by Gasteiger charge is -2.25. The molecule has 0 unspecified atom stereocenters. The molecule has 3 rings (SSSR count). The van der Waals surface area contributed by atoms with Crippen LogP contribution < -0.4 is 4.72 Å². The van der Waals surface area contributed by atoms with Crippen LogP contribution in [-0.4, -0.2) is 34.2 Å². The number of nitrogens with zero attached hydrogens (tertiary/aromatic N) is 1. The summed E-state index contributed by atoms with van der Waals surface area (Å²) in [7, 11) is -8.23. The topological polar surface area (TPSA) is 83.5 Å². The van der Waals surface area contributed by atoms with Gasteiger partial charge in [0.05, 0.1) is 10.5 Å². The molecule has 1 saturated heterocycles. The molecule has 12 heteroatoms. The van der Waals surface area contributed by atoms with E-state index in [1.54, 1.807) is 0 Å². The van der Waals surface area contributed by atoms with Crippen molar-refractivity contribution in [3.05, 3.63) is 59.4 Å². The fraction of sp³-hybridized carbons (Fsp3) is 0.368. The summed E-state index contributed by atoms with van der Waals surface area (Å²) < 4.78 is 106. The predicted molar refractivity (Wildman–Crippen MR) is 104 cm³/mol. The van der Waals surface area contributed by atoms with Gasteiger partial charge in [0.15, 0.2) is 0 Å². The first-order valence-corrected chi connectivity index (χ1v) is 12.3. The second kappa shape index (κ2) is 8.85. The smallest absolute Gasteiger partial charge is 0.207 e. The number of hydrogen-bond donors (Lipinski definition) is 1. The van der Waals surface area contributed by atoms with Crippen LogP contribution in [0, 0.1) is 5.82 Å². The van der Waals surface area contributed by atoms with Crippen LogP contribution in [0.2, 0.25) is 0 Å². The molecule has 6 nitrogen and oxygen atoms in total. The highest BCUT2D eigenvalue weighted by Gasteiger charge is 2.33. The Kier molecular flexibility index (Phi) is 6.75. The first kappa shape index (κ1) is 23.6. The van der Waals surface area contributed by atoms with Gasteiger partial charge in [-0.05, 0) is 48.7 Å². The van der Waals surface area contributed by atoms with Gasteiger partial charge in [0.2, 0.25) is 20.0 Å². The van der Waals surface area contributed by atoms with Gasteiger partial charge in [-0.2, -0.15) is 17.5 Å². The van der Waals surface area contributed by atoms with Gasteiger partial charge in [-0.25, -0.2) is 25.9 Å². The fourth-order valence-corrected chi connectivity index (χ4v) is 5.81. The van der Waals surface area contributed by atoms with Crippen molar-refractivity contribution in [1.82, 2.24) is 9.03 Å². The van der Waals surface area contributed by atoms with Crippen molar-refractivity contribution in [2.45, 2.75) is 41.8 Å². The quantitative estimate of drug-likeness (QED) is 0.642. The van der Waals surface area contributed by atoms with Crippen LogP contribution in [0.4, 0.5) is 17.6 Å². The number of hydrogen-bond acceptors (Lipinski definition) is 4. The maximum absolute atomic E-state index is 13.9. The number of halogens is 4. The minimum absolute atomic E-state index is 0.0601. The van der Waals surface area contributed by atoms with Gasteiger partial charge in [0.1, 0.15) is 10.7 Å². The number of nitrogens with one attached hydrogen (secondary N) is 1. The average Bonchev–Trinajstić information content (AvgIpc) is 2.72. The number of piperidine rings is 1. The van der Waals surface area contributed by atoms with Crippen molar-refractivity contribution < 1.29 is 34.4 Å². The van der Waals surface area contributed by atoms with Crippen molar-refractivity contribution in [2.24, 2.45) is 0 Å². The second-order valence-electron chi connectivity index (χ2n) is 7.08. The molecule has 1 heterocycles. The van der Waals surface area contributed by atoms with Gasteiger partial charge in [-0.3, -0.25) is 0 Å². The van der Waals surface area contributed by atoms with E-state index in [0.717, 1.165) is 19.3 Å². The Morgan fingerprint density at radius 3 is 2.10 bits per heavy atom. The third-order valence-electron chi connectivity index (χ3n) is 4.89. The third kappa shape index (κ3) is 5.43. The minimum atomic E-state index is -4.83. The molecule has 170 valence electrons. The first-order chi connectivity index (χ1) is 14.4. The zero-order chi connectivity index (χ0) is 22.9. The Balaban J connectivity index is 1.74. The number of sulfonamides is 2. The third-order valence-corrected chi connectivity index (χ3v) is 8.22. The molecule has 0 radical (unpaired) electrons. The molecular formula is C19H20F4N2O4S2. The van der Waals surface area contributed by atoms with E-state index < -0.39 is 42.5 Å². The summed E-state index contributed by atoms with van der Waals surface area (Å²) in [6.45, 7) is 0.515. The SMILES string of the molecule is O=S(=O)(NCc1ccc(S(=O)(=O)N2CCCCC2)cc1)c1cc(C(F)(F)F)ccc1F. The molecule has 2 aromatic rings. The van der Waals surface area contributed by atoms with E-state index in [0.29, 0.717) is 30.8 Å². The highest BCUT2D eigenvalue weighted by atomic mass is 32.2. The lowest BCUT2D eigenvalue weighted by atomic mass is 10.2. The van der Waals surface area contributed by atoms with Crippen molar-refractivity contribution in [3.8, 4) is 0 Å². The van der Waals surface area contributed by atoms with Gasteiger partial charge in [0, 0.05) is 19.6 Å². The zero-order valence-corrected chi connectivity index (χ0v) is 17.8. The van der Waals surface area contributed by atoms with E-state index in [2.05, 4.69) is 0 Å². The van der Waals surface area contributed by atoms with Gasteiger partial charge in [-0.15, -0.1) is 0 Å². The summed E-state index contributed by atoms with van der Waals surface area (Å²) in [4.78, 5) is -1.06. The average molecular weight is 481 g/mol. The highest BCUT2D eigenvalue weighted by molar-refractivity contribution is 7.89. The molecule has 0 amide bonds. The number of alkyl halides is 3. The lowest BCUT2D eigenvalue weighted by molar-refractivity contribution is -0.137. The number of rotatable bonds is 6. The van der Waals surface area contributed by atoms with E-state index in [1.165, 1.54) is 28.6 Å². The van der Waals surface area contributed by atoms with Gasteiger partial charge < -0.3 is 0 Å². The molecule has 1 aliphatic heterocycles. The van der Waals surface area contributed by atoms with Gasteiger partial charge in [0.25, 0.3) is 0 Å². The number of benzene rings is 2.